The standard InChI is InChI=1S/C17H25N3O2/c1-11(2)18-17(22)19-8-9-20(16(21)14(19)5)15-7-6-12(3)10-13(15)4/h6-7,10-11,14H,8-9H2,1-5H3,(H,18,22)/t14-/m0/s1. The zero-order valence-corrected chi connectivity index (χ0v) is 14.0. The molecule has 0 unspecified atom stereocenters. The van der Waals surface area contributed by atoms with Gasteiger partial charge in [0, 0.05) is 24.8 Å². The molecule has 1 saturated heterocycles. The van der Waals surface area contributed by atoms with Gasteiger partial charge in [0.25, 0.3) is 0 Å². The number of hydrogen-bond donors (Lipinski definition) is 1. The Morgan fingerprint density at radius 1 is 1.27 bits per heavy atom. The van der Waals surface area contributed by atoms with Crippen molar-refractivity contribution in [2.75, 3.05) is 18.0 Å². The van der Waals surface area contributed by atoms with Crippen LogP contribution in [0.2, 0.25) is 0 Å². The lowest BCUT2D eigenvalue weighted by Gasteiger charge is -2.39. The number of urea groups is 1. The van der Waals surface area contributed by atoms with Gasteiger partial charge in [0.1, 0.15) is 6.04 Å². The Morgan fingerprint density at radius 2 is 1.95 bits per heavy atom. The normalized spacial score (nSPS) is 18.8. The van der Waals surface area contributed by atoms with Crippen molar-refractivity contribution < 1.29 is 9.59 Å². The van der Waals surface area contributed by atoms with Crippen LogP contribution in [-0.2, 0) is 4.79 Å². The maximum absolute atomic E-state index is 12.7. The molecule has 0 radical (unpaired) electrons. The van der Waals surface area contributed by atoms with Gasteiger partial charge in [-0.2, -0.15) is 0 Å². The summed E-state index contributed by atoms with van der Waals surface area (Å²) in [6, 6.07) is 5.51. The van der Waals surface area contributed by atoms with Crippen LogP contribution in [0.5, 0.6) is 0 Å². The van der Waals surface area contributed by atoms with Crippen LogP contribution >= 0.6 is 0 Å². The maximum atomic E-state index is 12.7. The van der Waals surface area contributed by atoms with Crippen molar-refractivity contribution in [3.05, 3.63) is 29.3 Å². The second kappa shape index (κ2) is 6.38. The molecule has 0 spiro atoms. The van der Waals surface area contributed by atoms with E-state index in [2.05, 4.69) is 11.4 Å². The van der Waals surface area contributed by atoms with Crippen molar-refractivity contribution in [1.82, 2.24) is 10.2 Å². The molecule has 1 aliphatic rings. The molecule has 1 N–H and O–H groups in total. The number of hydrogen-bond acceptors (Lipinski definition) is 2. The van der Waals surface area contributed by atoms with Crippen LogP contribution in [0.25, 0.3) is 0 Å². The van der Waals surface area contributed by atoms with E-state index in [9.17, 15) is 9.59 Å². The molecule has 1 aliphatic heterocycles. The van der Waals surface area contributed by atoms with Gasteiger partial charge in [0.15, 0.2) is 0 Å². The van der Waals surface area contributed by atoms with E-state index in [0.717, 1.165) is 11.3 Å². The van der Waals surface area contributed by atoms with E-state index in [4.69, 9.17) is 0 Å². The van der Waals surface area contributed by atoms with E-state index in [-0.39, 0.29) is 18.0 Å². The number of nitrogens with one attached hydrogen (secondary N) is 1. The third-order valence-electron chi connectivity index (χ3n) is 3.97. The summed E-state index contributed by atoms with van der Waals surface area (Å²) >= 11 is 0. The largest absolute Gasteiger partial charge is 0.336 e. The summed E-state index contributed by atoms with van der Waals surface area (Å²) in [7, 11) is 0. The van der Waals surface area contributed by atoms with E-state index < -0.39 is 6.04 Å². The van der Waals surface area contributed by atoms with Crippen molar-refractivity contribution in [1.29, 1.82) is 0 Å². The van der Waals surface area contributed by atoms with Crippen LogP contribution in [0, 0.1) is 13.8 Å². The molecular formula is C17H25N3O2. The Hall–Kier alpha value is -2.04. The Morgan fingerprint density at radius 3 is 2.55 bits per heavy atom. The molecule has 1 heterocycles. The first-order chi connectivity index (χ1) is 10.3. The van der Waals surface area contributed by atoms with E-state index >= 15 is 0 Å². The summed E-state index contributed by atoms with van der Waals surface area (Å²) in [4.78, 5) is 28.2. The molecule has 0 aliphatic carbocycles. The average molecular weight is 303 g/mol. The number of carbonyl (C=O) groups is 2. The van der Waals surface area contributed by atoms with E-state index in [1.54, 1.807) is 16.7 Å². The first-order valence-electron chi connectivity index (χ1n) is 7.77. The van der Waals surface area contributed by atoms with Crippen LogP contribution in [0.3, 0.4) is 0 Å². The SMILES string of the molecule is Cc1ccc(N2CCN(C(=O)NC(C)C)[C@@H](C)C2=O)c(C)c1. The monoisotopic (exact) mass is 303 g/mol. The van der Waals surface area contributed by atoms with Crippen LogP contribution in [-0.4, -0.2) is 42.0 Å². The molecular weight excluding hydrogens is 278 g/mol. The molecule has 3 amide bonds. The molecule has 22 heavy (non-hydrogen) atoms. The number of aryl methyl sites for hydroxylation is 2. The van der Waals surface area contributed by atoms with Gasteiger partial charge in [-0.1, -0.05) is 17.7 Å². The lowest BCUT2D eigenvalue weighted by Crippen LogP contribution is -2.60. The molecule has 0 bridgehead atoms. The minimum Gasteiger partial charge on any atom is -0.336 e. The molecule has 0 saturated carbocycles. The zero-order valence-electron chi connectivity index (χ0n) is 14.0. The van der Waals surface area contributed by atoms with Crippen molar-refractivity contribution in [3.8, 4) is 0 Å². The van der Waals surface area contributed by atoms with Crippen LogP contribution in [0.4, 0.5) is 10.5 Å². The molecule has 0 aromatic heterocycles. The van der Waals surface area contributed by atoms with Gasteiger partial charge >= 0.3 is 6.03 Å². The van der Waals surface area contributed by atoms with Gasteiger partial charge in [0.2, 0.25) is 5.91 Å². The number of rotatable bonds is 2. The number of anilines is 1. The highest BCUT2D eigenvalue weighted by Gasteiger charge is 2.35. The summed E-state index contributed by atoms with van der Waals surface area (Å²) < 4.78 is 0. The van der Waals surface area contributed by atoms with E-state index in [1.807, 2.05) is 39.8 Å². The Bertz CT molecular complexity index is 583. The number of piperazine rings is 1. The molecule has 1 fully saturated rings. The van der Waals surface area contributed by atoms with Gasteiger partial charge < -0.3 is 15.1 Å². The molecule has 5 nitrogen and oxygen atoms in total. The number of amides is 3. The van der Waals surface area contributed by atoms with Gasteiger partial charge in [0.05, 0.1) is 0 Å². The highest BCUT2D eigenvalue weighted by Crippen LogP contribution is 2.25. The van der Waals surface area contributed by atoms with Crippen LogP contribution < -0.4 is 10.2 Å². The number of nitrogens with zero attached hydrogens (tertiary/aromatic N) is 2. The average Bonchev–Trinajstić information content (AvgIpc) is 2.41. The maximum Gasteiger partial charge on any atom is 0.318 e. The third kappa shape index (κ3) is 3.24. The topological polar surface area (TPSA) is 52.6 Å². The fourth-order valence-corrected chi connectivity index (χ4v) is 2.83. The molecule has 1 atom stereocenters. The fraction of sp³-hybridized carbons (Fsp3) is 0.529. The Kier molecular flexibility index (Phi) is 4.74. The van der Waals surface area contributed by atoms with Crippen LogP contribution in [0.1, 0.15) is 31.9 Å². The van der Waals surface area contributed by atoms with Crippen molar-refractivity contribution in [3.63, 3.8) is 0 Å². The van der Waals surface area contributed by atoms with E-state index in [1.165, 1.54) is 5.56 Å². The first kappa shape index (κ1) is 16.3. The molecule has 1 aromatic carbocycles. The summed E-state index contributed by atoms with van der Waals surface area (Å²) in [5, 5.41) is 2.85. The molecule has 120 valence electrons. The van der Waals surface area contributed by atoms with Crippen LogP contribution in [0.15, 0.2) is 18.2 Å². The van der Waals surface area contributed by atoms with Gasteiger partial charge in [-0.05, 0) is 46.2 Å². The van der Waals surface area contributed by atoms with Crippen molar-refractivity contribution >= 4 is 17.6 Å². The van der Waals surface area contributed by atoms with Crippen molar-refractivity contribution in [2.45, 2.75) is 46.7 Å². The fourth-order valence-electron chi connectivity index (χ4n) is 2.83. The predicted molar refractivity (Wildman–Crippen MR) is 88.1 cm³/mol. The lowest BCUT2D eigenvalue weighted by molar-refractivity contribution is -0.124. The quantitative estimate of drug-likeness (QED) is 0.912. The highest BCUT2D eigenvalue weighted by atomic mass is 16.2. The summed E-state index contributed by atoms with van der Waals surface area (Å²) in [5.41, 5.74) is 3.20. The first-order valence-corrected chi connectivity index (χ1v) is 7.77. The second-order valence-electron chi connectivity index (χ2n) is 6.25. The predicted octanol–water partition coefficient (Wildman–Crippen LogP) is 2.46. The van der Waals surface area contributed by atoms with Crippen molar-refractivity contribution in [2.24, 2.45) is 0 Å². The van der Waals surface area contributed by atoms with Gasteiger partial charge in [-0.25, -0.2) is 4.79 Å². The second-order valence-corrected chi connectivity index (χ2v) is 6.25. The summed E-state index contributed by atoms with van der Waals surface area (Å²) in [6.07, 6.45) is 0. The summed E-state index contributed by atoms with van der Waals surface area (Å²) in [5.74, 6) is -0.0305. The number of carbonyl (C=O) groups excluding carboxylic acids is 2. The number of benzene rings is 1. The molecule has 5 heteroatoms. The molecule has 2 rings (SSSR count). The van der Waals surface area contributed by atoms with E-state index in [0.29, 0.717) is 13.1 Å². The highest BCUT2D eigenvalue weighted by molar-refractivity contribution is 6.00. The third-order valence-corrected chi connectivity index (χ3v) is 3.97. The minimum atomic E-state index is -0.451. The minimum absolute atomic E-state index is 0.0305. The Labute approximate surface area is 132 Å². The smallest absolute Gasteiger partial charge is 0.318 e. The zero-order chi connectivity index (χ0) is 16.4. The van der Waals surface area contributed by atoms with Gasteiger partial charge in [-0.3, -0.25) is 4.79 Å². The summed E-state index contributed by atoms with van der Waals surface area (Å²) in [6.45, 7) is 10.7. The molecule has 1 aromatic rings. The van der Waals surface area contributed by atoms with Gasteiger partial charge in [-0.15, -0.1) is 0 Å². The lowest BCUT2D eigenvalue weighted by atomic mass is 10.1. The Balaban J connectivity index is 2.17.